The van der Waals surface area contributed by atoms with Gasteiger partial charge in [0.15, 0.2) is 0 Å². The smallest absolute Gasteiger partial charge is 0.120 e. The number of nitrogens with zero attached hydrogens (tertiary/aromatic N) is 1. The molecule has 1 aliphatic rings. The van der Waals surface area contributed by atoms with Crippen LogP contribution in [0.3, 0.4) is 0 Å². The van der Waals surface area contributed by atoms with Gasteiger partial charge in [-0.25, -0.2) is 4.98 Å². The van der Waals surface area contributed by atoms with Gasteiger partial charge in [-0.2, -0.15) is 0 Å². The first-order valence-electron chi connectivity index (χ1n) is 5.98. The number of hydrogen-bond donors (Lipinski definition) is 0. The Bertz CT molecular complexity index is 491. The number of rotatable bonds is 1. The fourth-order valence-corrected chi connectivity index (χ4v) is 3.25. The van der Waals surface area contributed by atoms with Crippen molar-refractivity contribution in [2.75, 3.05) is 0 Å². The molecular weight excluding hydrogens is 214 g/mol. The number of fused-ring (bicyclic) bond motifs is 1. The first-order valence-corrected chi connectivity index (χ1v) is 6.80. The van der Waals surface area contributed by atoms with Crippen molar-refractivity contribution < 1.29 is 0 Å². The predicted octanol–water partition coefficient (Wildman–Crippen LogP) is 4.64. The Morgan fingerprint density at radius 3 is 2.94 bits per heavy atom. The molecule has 0 unspecified atom stereocenters. The molecule has 0 fully saturated rings. The highest BCUT2D eigenvalue weighted by atomic mass is 32.1. The van der Waals surface area contributed by atoms with Crippen LogP contribution in [0, 0.1) is 0 Å². The first kappa shape index (κ1) is 10.0. The zero-order valence-corrected chi connectivity index (χ0v) is 10.1. The Morgan fingerprint density at radius 2 is 2.00 bits per heavy atom. The molecule has 1 aromatic heterocycles. The van der Waals surface area contributed by atoms with Crippen molar-refractivity contribution in [2.45, 2.75) is 32.1 Å². The van der Waals surface area contributed by atoms with E-state index in [1.165, 1.54) is 47.4 Å². The standard InChI is InChI=1S/C14H15NS/c1-2-4-8-11(7-3-1)14-15-12-9-5-6-10-13(12)16-14/h5-7,9-10H,1-4,8H2. The number of thiazole rings is 1. The monoisotopic (exact) mass is 229 g/mol. The lowest BCUT2D eigenvalue weighted by atomic mass is 10.1. The molecule has 2 aromatic rings. The fourth-order valence-electron chi connectivity index (χ4n) is 2.22. The summed E-state index contributed by atoms with van der Waals surface area (Å²) >= 11 is 1.83. The van der Waals surface area contributed by atoms with Gasteiger partial charge < -0.3 is 0 Å². The minimum atomic E-state index is 1.15. The summed E-state index contributed by atoms with van der Waals surface area (Å²) in [5.74, 6) is 0. The SMILES string of the molecule is C1=C(c2nc3ccccc3s2)CCCCC1. The molecule has 0 saturated heterocycles. The number of para-hydroxylation sites is 1. The van der Waals surface area contributed by atoms with Crippen molar-refractivity contribution in [1.82, 2.24) is 4.98 Å². The molecule has 0 bridgehead atoms. The molecule has 0 aliphatic heterocycles. The van der Waals surface area contributed by atoms with E-state index in [9.17, 15) is 0 Å². The maximum absolute atomic E-state index is 4.73. The van der Waals surface area contributed by atoms with Gasteiger partial charge in [0, 0.05) is 0 Å². The Kier molecular flexibility index (Phi) is 2.75. The Hall–Kier alpha value is -1.15. The number of allylic oxidation sites excluding steroid dienone is 2. The molecular formula is C14H15NS. The van der Waals surface area contributed by atoms with Crippen LogP contribution >= 0.6 is 11.3 Å². The summed E-state index contributed by atoms with van der Waals surface area (Å²) in [6.07, 6.45) is 8.86. The van der Waals surface area contributed by atoms with Gasteiger partial charge in [0.1, 0.15) is 5.01 Å². The second kappa shape index (κ2) is 4.38. The van der Waals surface area contributed by atoms with Gasteiger partial charge in [0.05, 0.1) is 10.2 Å². The first-order chi connectivity index (χ1) is 7.93. The summed E-state index contributed by atoms with van der Waals surface area (Å²) < 4.78 is 1.31. The zero-order valence-electron chi connectivity index (χ0n) is 9.28. The van der Waals surface area contributed by atoms with Crippen molar-refractivity contribution in [3.8, 4) is 0 Å². The van der Waals surface area contributed by atoms with Gasteiger partial charge in [0.25, 0.3) is 0 Å². The Labute approximate surface area is 99.8 Å². The van der Waals surface area contributed by atoms with Crippen molar-refractivity contribution in [2.24, 2.45) is 0 Å². The summed E-state index contributed by atoms with van der Waals surface area (Å²) in [4.78, 5) is 4.73. The van der Waals surface area contributed by atoms with E-state index in [1.54, 1.807) is 0 Å². The van der Waals surface area contributed by atoms with Crippen molar-refractivity contribution in [1.29, 1.82) is 0 Å². The summed E-state index contributed by atoms with van der Waals surface area (Å²) in [7, 11) is 0. The van der Waals surface area contributed by atoms with Crippen LogP contribution in [0.5, 0.6) is 0 Å². The average molecular weight is 229 g/mol. The van der Waals surface area contributed by atoms with Crippen LogP contribution in [0.1, 0.15) is 37.1 Å². The summed E-state index contributed by atoms with van der Waals surface area (Å²) in [6, 6.07) is 8.42. The third-order valence-electron chi connectivity index (χ3n) is 3.11. The molecule has 0 radical (unpaired) electrons. The molecule has 0 N–H and O–H groups in total. The molecule has 0 saturated carbocycles. The third kappa shape index (κ3) is 1.90. The molecule has 16 heavy (non-hydrogen) atoms. The molecule has 0 spiro atoms. The van der Waals surface area contributed by atoms with E-state index >= 15 is 0 Å². The van der Waals surface area contributed by atoms with Gasteiger partial charge in [-0.05, 0) is 43.4 Å². The summed E-state index contributed by atoms with van der Waals surface area (Å²) in [5, 5.41) is 1.24. The maximum Gasteiger partial charge on any atom is 0.120 e. The molecule has 2 heteroatoms. The minimum absolute atomic E-state index is 1.15. The number of benzene rings is 1. The lowest BCUT2D eigenvalue weighted by Crippen LogP contribution is -1.81. The molecule has 1 heterocycles. The fraction of sp³-hybridized carbons (Fsp3) is 0.357. The summed E-state index contributed by atoms with van der Waals surface area (Å²) in [5.41, 5.74) is 2.62. The normalized spacial score (nSPS) is 17.1. The number of hydrogen-bond acceptors (Lipinski definition) is 2. The van der Waals surface area contributed by atoms with E-state index in [-0.39, 0.29) is 0 Å². The van der Waals surface area contributed by atoms with Crippen LogP contribution in [0.2, 0.25) is 0 Å². The quantitative estimate of drug-likeness (QED) is 0.694. The van der Waals surface area contributed by atoms with Gasteiger partial charge in [-0.1, -0.05) is 24.6 Å². The summed E-state index contributed by atoms with van der Waals surface area (Å²) in [6.45, 7) is 0. The largest absolute Gasteiger partial charge is 0.236 e. The maximum atomic E-state index is 4.73. The minimum Gasteiger partial charge on any atom is -0.236 e. The van der Waals surface area contributed by atoms with E-state index in [4.69, 9.17) is 4.98 Å². The van der Waals surface area contributed by atoms with Gasteiger partial charge in [0.2, 0.25) is 0 Å². The molecule has 1 aliphatic carbocycles. The molecule has 82 valence electrons. The second-order valence-electron chi connectivity index (χ2n) is 4.32. The van der Waals surface area contributed by atoms with Gasteiger partial charge in [-0.3, -0.25) is 0 Å². The van der Waals surface area contributed by atoms with Crippen LogP contribution in [-0.4, -0.2) is 4.98 Å². The Morgan fingerprint density at radius 1 is 1.06 bits per heavy atom. The third-order valence-corrected chi connectivity index (χ3v) is 4.22. The van der Waals surface area contributed by atoms with Crippen molar-refractivity contribution in [3.05, 3.63) is 35.3 Å². The highest BCUT2D eigenvalue weighted by Gasteiger charge is 2.10. The molecule has 0 amide bonds. The van der Waals surface area contributed by atoms with Crippen molar-refractivity contribution >= 4 is 27.1 Å². The van der Waals surface area contributed by atoms with E-state index in [1.807, 2.05) is 11.3 Å². The topological polar surface area (TPSA) is 12.9 Å². The lowest BCUT2D eigenvalue weighted by Gasteiger charge is -1.98. The molecule has 1 aromatic carbocycles. The molecule has 3 rings (SSSR count). The predicted molar refractivity (Wildman–Crippen MR) is 70.7 cm³/mol. The lowest BCUT2D eigenvalue weighted by molar-refractivity contribution is 0.720. The van der Waals surface area contributed by atoms with Crippen LogP contribution in [0.4, 0.5) is 0 Å². The Balaban J connectivity index is 2.01. The highest BCUT2D eigenvalue weighted by Crippen LogP contribution is 2.31. The molecule has 1 nitrogen and oxygen atoms in total. The van der Waals surface area contributed by atoms with Gasteiger partial charge in [-0.15, -0.1) is 11.3 Å². The van der Waals surface area contributed by atoms with Crippen LogP contribution in [-0.2, 0) is 0 Å². The highest BCUT2D eigenvalue weighted by molar-refractivity contribution is 7.19. The van der Waals surface area contributed by atoms with Crippen LogP contribution in [0.15, 0.2) is 30.3 Å². The van der Waals surface area contributed by atoms with E-state index in [0.29, 0.717) is 0 Å². The molecule has 0 atom stereocenters. The van der Waals surface area contributed by atoms with E-state index in [0.717, 1.165) is 5.52 Å². The van der Waals surface area contributed by atoms with Crippen LogP contribution < -0.4 is 0 Å². The zero-order chi connectivity index (χ0) is 10.8. The second-order valence-corrected chi connectivity index (χ2v) is 5.35. The van der Waals surface area contributed by atoms with E-state index < -0.39 is 0 Å². The number of aromatic nitrogens is 1. The average Bonchev–Trinajstić information content (AvgIpc) is 2.56. The van der Waals surface area contributed by atoms with E-state index in [2.05, 4.69) is 30.3 Å². The van der Waals surface area contributed by atoms with Gasteiger partial charge >= 0.3 is 0 Å². The van der Waals surface area contributed by atoms with Crippen molar-refractivity contribution in [3.63, 3.8) is 0 Å². The van der Waals surface area contributed by atoms with Crippen LogP contribution in [0.25, 0.3) is 15.8 Å².